The van der Waals surface area contributed by atoms with Crippen LogP contribution in [-0.2, 0) is 23.3 Å². The van der Waals surface area contributed by atoms with Crippen LogP contribution >= 0.6 is 0 Å². The number of ether oxygens (including phenoxy) is 1. The molecule has 1 amide bonds. The third-order valence-corrected chi connectivity index (χ3v) is 6.35. The van der Waals surface area contributed by atoms with Crippen molar-refractivity contribution in [3.05, 3.63) is 81.2 Å². The average molecular weight is 445 g/mol. The summed E-state index contributed by atoms with van der Waals surface area (Å²) in [6, 6.07) is 12.3. The summed E-state index contributed by atoms with van der Waals surface area (Å²) in [6.07, 6.45) is 3.17. The molecule has 9 nitrogen and oxygen atoms in total. The summed E-state index contributed by atoms with van der Waals surface area (Å²) < 4.78 is 5.19. The number of nitrogens with zero attached hydrogens (tertiary/aromatic N) is 4. The molecule has 2 aliphatic rings. The summed E-state index contributed by atoms with van der Waals surface area (Å²) in [5.74, 6) is 1.21. The predicted octanol–water partition coefficient (Wildman–Crippen LogP) is 3.89. The Morgan fingerprint density at radius 1 is 1.21 bits per heavy atom. The predicted molar refractivity (Wildman–Crippen MR) is 122 cm³/mol. The number of aryl methyl sites for hydroxylation is 1. The van der Waals surface area contributed by atoms with Crippen LogP contribution in [0.2, 0.25) is 0 Å². The number of rotatable bonds is 6. The fourth-order valence-corrected chi connectivity index (χ4v) is 4.32. The summed E-state index contributed by atoms with van der Waals surface area (Å²) in [7, 11) is 1.63. The fraction of sp³-hybridized carbons (Fsp3) is 0.292. The van der Waals surface area contributed by atoms with Crippen LogP contribution in [0.1, 0.15) is 35.2 Å². The maximum atomic E-state index is 13.5. The van der Waals surface area contributed by atoms with Crippen LogP contribution in [0.4, 0.5) is 17.3 Å². The van der Waals surface area contributed by atoms with Gasteiger partial charge in [-0.1, -0.05) is 18.2 Å². The van der Waals surface area contributed by atoms with Crippen LogP contribution in [-0.4, -0.2) is 27.9 Å². The van der Waals surface area contributed by atoms with Crippen LogP contribution in [0, 0.1) is 17.0 Å². The van der Waals surface area contributed by atoms with Gasteiger partial charge < -0.3 is 15.0 Å². The van der Waals surface area contributed by atoms with Gasteiger partial charge in [-0.15, -0.1) is 0 Å². The van der Waals surface area contributed by atoms with Gasteiger partial charge in [0.15, 0.2) is 0 Å². The first kappa shape index (κ1) is 20.9. The van der Waals surface area contributed by atoms with E-state index in [9.17, 15) is 14.9 Å². The van der Waals surface area contributed by atoms with Crippen LogP contribution in [0.5, 0.6) is 5.75 Å². The van der Waals surface area contributed by atoms with Gasteiger partial charge in [-0.25, -0.2) is 9.97 Å². The highest BCUT2D eigenvalue weighted by molar-refractivity contribution is 6.05. The summed E-state index contributed by atoms with van der Waals surface area (Å²) >= 11 is 0. The summed E-state index contributed by atoms with van der Waals surface area (Å²) in [4.78, 5) is 35.2. The zero-order valence-electron chi connectivity index (χ0n) is 18.4. The average Bonchev–Trinajstić information content (AvgIpc) is 3.63. The van der Waals surface area contributed by atoms with Gasteiger partial charge in [0.05, 0.1) is 35.4 Å². The molecule has 168 valence electrons. The van der Waals surface area contributed by atoms with Crippen molar-refractivity contribution in [2.45, 2.75) is 38.3 Å². The van der Waals surface area contributed by atoms with Crippen molar-refractivity contribution < 1.29 is 14.5 Å². The Hall–Kier alpha value is -4.01. The normalized spacial score (nSPS) is 15.8. The number of hydrogen-bond donors (Lipinski definition) is 1. The lowest BCUT2D eigenvalue weighted by atomic mass is 9.91. The Morgan fingerprint density at radius 3 is 2.64 bits per heavy atom. The van der Waals surface area contributed by atoms with Crippen molar-refractivity contribution >= 4 is 23.2 Å². The molecular weight excluding hydrogens is 422 g/mol. The molecule has 2 aromatic carbocycles. The van der Waals surface area contributed by atoms with Gasteiger partial charge in [-0.05, 0) is 43.0 Å². The van der Waals surface area contributed by atoms with E-state index in [0.29, 0.717) is 31.0 Å². The van der Waals surface area contributed by atoms with Crippen molar-refractivity contribution in [2.24, 2.45) is 0 Å². The lowest BCUT2D eigenvalue weighted by molar-refractivity contribution is -0.384. The van der Waals surface area contributed by atoms with Gasteiger partial charge in [0, 0.05) is 30.4 Å². The van der Waals surface area contributed by atoms with Gasteiger partial charge in [0.1, 0.15) is 5.75 Å². The maximum absolute atomic E-state index is 13.5. The van der Waals surface area contributed by atoms with Crippen molar-refractivity contribution in [3.63, 3.8) is 0 Å². The first-order valence-corrected chi connectivity index (χ1v) is 10.7. The lowest BCUT2D eigenvalue weighted by Crippen LogP contribution is -2.45. The molecule has 0 saturated heterocycles. The molecule has 1 N–H and O–H groups in total. The third kappa shape index (κ3) is 3.65. The molecule has 33 heavy (non-hydrogen) atoms. The standard InChI is InChI=1S/C24H23N5O4/c1-15-3-6-18(29(31)32)11-20(15)28-14-17-13-26-23(27-21(17)24(9-10-24)22(28)30)25-12-16-4-7-19(33-2)8-5-16/h3-8,11,13H,9-10,12,14H2,1-2H3,(H,25,26,27). The molecule has 1 spiro atoms. The molecule has 3 aromatic rings. The molecule has 5 rings (SSSR count). The molecule has 0 unspecified atom stereocenters. The Morgan fingerprint density at radius 2 is 1.97 bits per heavy atom. The van der Waals surface area contributed by atoms with Crippen molar-refractivity contribution in [1.82, 2.24) is 9.97 Å². The first-order chi connectivity index (χ1) is 15.9. The number of methoxy groups -OCH3 is 1. The second-order valence-corrected chi connectivity index (χ2v) is 8.47. The number of nitrogens with one attached hydrogen (secondary N) is 1. The van der Waals surface area contributed by atoms with Gasteiger partial charge >= 0.3 is 0 Å². The largest absolute Gasteiger partial charge is 0.497 e. The highest BCUT2D eigenvalue weighted by atomic mass is 16.6. The SMILES string of the molecule is COc1ccc(CNc2ncc3c(n2)C2(CC2)C(=O)N(c2cc([N+](=O)[O-])ccc2C)C3)cc1. The number of benzene rings is 2. The van der Waals surface area contributed by atoms with Crippen molar-refractivity contribution in [2.75, 3.05) is 17.3 Å². The highest BCUT2D eigenvalue weighted by Crippen LogP contribution is 2.53. The maximum Gasteiger partial charge on any atom is 0.271 e. The summed E-state index contributed by atoms with van der Waals surface area (Å²) in [6.45, 7) is 2.68. The molecule has 0 atom stereocenters. The van der Waals surface area contributed by atoms with Crippen LogP contribution in [0.3, 0.4) is 0 Å². The Kier molecular flexibility index (Phi) is 4.96. The number of carbonyl (C=O) groups is 1. The zero-order valence-corrected chi connectivity index (χ0v) is 18.4. The van der Waals surface area contributed by atoms with E-state index >= 15 is 0 Å². The number of hydrogen-bond acceptors (Lipinski definition) is 7. The quantitative estimate of drug-likeness (QED) is 0.453. The highest BCUT2D eigenvalue weighted by Gasteiger charge is 2.58. The number of anilines is 2. The topological polar surface area (TPSA) is 110 Å². The molecule has 0 bridgehead atoms. The molecule has 1 aromatic heterocycles. The minimum atomic E-state index is -0.676. The third-order valence-electron chi connectivity index (χ3n) is 6.35. The Labute approximate surface area is 190 Å². The smallest absolute Gasteiger partial charge is 0.271 e. The molecule has 1 fully saturated rings. The molecule has 1 saturated carbocycles. The minimum Gasteiger partial charge on any atom is -0.497 e. The second kappa shape index (κ2) is 7.84. The fourth-order valence-electron chi connectivity index (χ4n) is 4.32. The van der Waals surface area contributed by atoms with E-state index in [1.807, 2.05) is 31.2 Å². The Balaban J connectivity index is 1.42. The number of nitro benzene ring substituents is 1. The molecular formula is C24H23N5O4. The number of nitro groups is 1. The van der Waals surface area contributed by atoms with Crippen LogP contribution in [0.15, 0.2) is 48.7 Å². The number of aromatic nitrogens is 2. The second-order valence-electron chi connectivity index (χ2n) is 8.47. The van der Waals surface area contributed by atoms with Gasteiger partial charge in [-0.3, -0.25) is 14.9 Å². The van der Waals surface area contributed by atoms with E-state index in [2.05, 4.69) is 10.3 Å². The number of carbonyl (C=O) groups excluding carboxylic acids is 1. The van der Waals surface area contributed by atoms with E-state index in [0.717, 1.165) is 28.1 Å². The van der Waals surface area contributed by atoms with Crippen molar-refractivity contribution in [3.8, 4) is 5.75 Å². The number of amides is 1. The van der Waals surface area contributed by atoms with Gasteiger partial charge in [0.2, 0.25) is 11.9 Å². The number of fused-ring (bicyclic) bond motifs is 2. The zero-order chi connectivity index (χ0) is 23.2. The summed E-state index contributed by atoms with van der Waals surface area (Å²) in [5, 5.41) is 14.5. The van der Waals surface area contributed by atoms with Crippen LogP contribution in [0.25, 0.3) is 0 Å². The molecule has 0 radical (unpaired) electrons. The monoisotopic (exact) mass is 445 g/mol. The molecule has 1 aliphatic carbocycles. The molecule has 9 heteroatoms. The van der Waals surface area contributed by atoms with Crippen LogP contribution < -0.4 is 15.0 Å². The number of non-ortho nitro benzene ring substituents is 1. The van der Waals surface area contributed by atoms with E-state index < -0.39 is 10.3 Å². The first-order valence-electron chi connectivity index (χ1n) is 10.7. The Bertz CT molecular complexity index is 1250. The molecule has 2 heterocycles. The van der Waals surface area contributed by atoms with Gasteiger partial charge in [-0.2, -0.15) is 0 Å². The molecule has 1 aliphatic heterocycles. The minimum absolute atomic E-state index is 0.0339. The van der Waals surface area contributed by atoms with Crippen molar-refractivity contribution in [1.29, 1.82) is 0 Å². The van der Waals surface area contributed by atoms with Gasteiger partial charge in [0.25, 0.3) is 5.69 Å². The van der Waals surface area contributed by atoms with E-state index in [4.69, 9.17) is 9.72 Å². The lowest BCUT2D eigenvalue weighted by Gasteiger charge is -2.34. The van der Waals surface area contributed by atoms with E-state index in [1.165, 1.54) is 12.1 Å². The van der Waals surface area contributed by atoms with E-state index in [1.54, 1.807) is 24.3 Å². The summed E-state index contributed by atoms with van der Waals surface area (Å²) in [5.41, 5.74) is 3.35. The van der Waals surface area contributed by atoms with E-state index in [-0.39, 0.29) is 18.1 Å².